The number of amides is 2. The van der Waals surface area contributed by atoms with Crippen molar-refractivity contribution in [1.82, 2.24) is 10.6 Å². The molecule has 0 radical (unpaired) electrons. The Morgan fingerprint density at radius 3 is 2.36 bits per heavy atom. The Kier molecular flexibility index (Phi) is 7.22. The zero-order valence-corrected chi connectivity index (χ0v) is 13.6. The Hall–Kier alpha value is -2.24. The van der Waals surface area contributed by atoms with E-state index in [-0.39, 0.29) is 18.4 Å². The van der Waals surface area contributed by atoms with Gasteiger partial charge in [-0.25, -0.2) is 0 Å². The third-order valence-corrected chi connectivity index (χ3v) is 3.10. The first-order valence-corrected chi connectivity index (χ1v) is 7.24. The summed E-state index contributed by atoms with van der Waals surface area (Å²) in [5, 5.41) is 5.34. The van der Waals surface area contributed by atoms with Crippen molar-refractivity contribution in [2.24, 2.45) is 5.92 Å². The summed E-state index contributed by atoms with van der Waals surface area (Å²) in [6.07, 6.45) is 0.912. The summed E-state index contributed by atoms with van der Waals surface area (Å²) in [6, 6.07) is 4.84. The second kappa shape index (κ2) is 8.92. The van der Waals surface area contributed by atoms with Gasteiger partial charge in [-0.15, -0.1) is 0 Å². The standard InChI is InChI=1S/C16H24N2O4/c1-11(2)7-8-17-15(19)10-18-16(20)12-5-6-13(21-3)14(9-12)22-4/h5-6,9,11H,7-8,10H2,1-4H3,(H,17,19)(H,18,20). The van der Waals surface area contributed by atoms with Crippen LogP contribution in [0.15, 0.2) is 18.2 Å². The van der Waals surface area contributed by atoms with Crippen LogP contribution in [0.1, 0.15) is 30.6 Å². The molecule has 0 aromatic heterocycles. The molecular formula is C16H24N2O4. The predicted octanol–water partition coefficient (Wildman–Crippen LogP) is 1.60. The molecule has 1 rings (SSSR count). The Bertz CT molecular complexity index is 515. The van der Waals surface area contributed by atoms with Crippen LogP contribution in [0, 0.1) is 5.92 Å². The molecule has 0 aliphatic heterocycles. The molecule has 122 valence electrons. The van der Waals surface area contributed by atoms with Crippen LogP contribution in [0.25, 0.3) is 0 Å². The van der Waals surface area contributed by atoms with E-state index in [1.165, 1.54) is 14.2 Å². The van der Waals surface area contributed by atoms with Crippen LogP contribution in [0.2, 0.25) is 0 Å². The van der Waals surface area contributed by atoms with Gasteiger partial charge >= 0.3 is 0 Å². The predicted molar refractivity (Wildman–Crippen MR) is 84.3 cm³/mol. The van der Waals surface area contributed by atoms with Crippen molar-refractivity contribution in [3.05, 3.63) is 23.8 Å². The first kappa shape index (κ1) is 17.8. The van der Waals surface area contributed by atoms with Gasteiger partial charge in [-0.3, -0.25) is 9.59 Å². The van der Waals surface area contributed by atoms with E-state index in [0.717, 1.165) is 6.42 Å². The maximum atomic E-state index is 12.0. The summed E-state index contributed by atoms with van der Waals surface area (Å²) in [6.45, 7) is 4.74. The number of hydrogen-bond donors (Lipinski definition) is 2. The van der Waals surface area contributed by atoms with E-state index in [2.05, 4.69) is 24.5 Å². The van der Waals surface area contributed by atoms with Gasteiger partial charge in [0.2, 0.25) is 5.91 Å². The lowest BCUT2D eigenvalue weighted by atomic mass is 10.1. The van der Waals surface area contributed by atoms with Gasteiger partial charge in [-0.2, -0.15) is 0 Å². The Morgan fingerprint density at radius 1 is 1.09 bits per heavy atom. The normalized spacial score (nSPS) is 10.2. The summed E-state index contributed by atoms with van der Waals surface area (Å²) >= 11 is 0. The molecule has 1 aromatic carbocycles. The fourth-order valence-electron chi connectivity index (χ4n) is 1.80. The molecule has 0 heterocycles. The molecule has 0 atom stereocenters. The Morgan fingerprint density at radius 2 is 1.77 bits per heavy atom. The molecule has 0 unspecified atom stereocenters. The van der Waals surface area contributed by atoms with Gasteiger partial charge in [0, 0.05) is 12.1 Å². The van der Waals surface area contributed by atoms with Crippen molar-refractivity contribution in [2.45, 2.75) is 20.3 Å². The van der Waals surface area contributed by atoms with Gasteiger partial charge in [0.15, 0.2) is 11.5 Å². The third-order valence-electron chi connectivity index (χ3n) is 3.10. The molecular weight excluding hydrogens is 284 g/mol. The van der Waals surface area contributed by atoms with Gasteiger partial charge < -0.3 is 20.1 Å². The highest BCUT2D eigenvalue weighted by molar-refractivity contribution is 5.97. The number of ether oxygens (including phenoxy) is 2. The van der Waals surface area contributed by atoms with E-state index in [1.807, 2.05) is 0 Å². The SMILES string of the molecule is COc1ccc(C(=O)NCC(=O)NCCC(C)C)cc1OC. The minimum Gasteiger partial charge on any atom is -0.493 e. The largest absolute Gasteiger partial charge is 0.493 e. The van der Waals surface area contributed by atoms with E-state index >= 15 is 0 Å². The smallest absolute Gasteiger partial charge is 0.251 e. The fraction of sp³-hybridized carbons (Fsp3) is 0.500. The molecule has 1 aromatic rings. The monoisotopic (exact) mass is 308 g/mol. The van der Waals surface area contributed by atoms with Crippen molar-refractivity contribution >= 4 is 11.8 Å². The maximum Gasteiger partial charge on any atom is 0.251 e. The highest BCUT2D eigenvalue weighted by Crippen LogP contribution is 2.27. The van der Waals surface area contributed by atoms with Crippen LogP contribution in [0.3, 0.4) is 0 Å². The summed E-state index contributed by atoms with van der Waals surface area (Å²) in [5.74, 6) is 1.01. The van der Waals surface area contributed by atoms with E-state index in [9.17, 15) is 9.59 Å². The Labute approximate surface area is 131 Å². The first-order chi connectivity index (χ1) is 10.5. The molecule has 6 nitrogen and oxygen atoms in total. The number of methoxy groups -OCH3 is 2. The maximum absolute atomic E-state index is 12.0. The van der Waals surface area contributed by atoms with E-state index in [4.69, 9.17) is 9.47 Å². The molecule has 6 heteroatoms. The molecule has 0 saturated heterocycles. The first-order valence-electron chi connectivity index (χ1n) is 7.24. The lowest BCUT2D eigenvalue weighted by Gasteiger charge is -2.10. The number of benzene rings is 1. The van der Waals surface area contributed by atoms with Crippen LogP contribution in [-0.2, 0) is 4.79 Å². The molecule has 0 fully saturated rings. The number of hydrogen-bond acceptors (Lipinski definition) is 4. The molecule has 0 spiro atoms. The summed E-state index contributed by atoms with van der Waals surface area (Å²) in [7, 11) is 3.03. The van der Waals surface area contributed by atoms with Crippen LogP contribution in [0.5, 0.6) is 11.5 Å². The summed E-state index contributed by atoms with van der Waals surface area (Å²) in [5.41, 5.74) is 0.410. The van der Waals surface area contributed by atoms with E-state index in [0.29, 0.717) is 29.5 Å². The third kappa shape index (κ3) is 5.63. The van der Waals surface area contributed by atoms with Gasteiger partial charge in [-0.1, -0.05) is 13.8 Å². The zero-order chi connectivity index (χ0) is 16.5. The van der Waals surface area contributed by atoms with Crippen molar-refractivity contribution in [1.29, 1.82) is 0 Å². The van der Waals surface area contributed by atoms with Crippen molar-refractivity contribution in [3.8, 4) is 11.5 Å². The molecule has 2 N–H and O–H groups in total. The lowest BCUT2D eigenvalue weighted by Crippen LogP contribution is -2.37. The topological polar surface area (TPSA) is 76.7 Å². The minimum atomic E-state index is -0.333. The van der Waals surface area contributed by atoms with Crippen LogP contribution >= 0.6 is 0 Å². The quantitative estimate of drug-likeness (QED) is 0.765. The van der Waals surface area contributed by atoms with Crippen LogP contribution in [0.4, 0.5) is 0 Å². The number of carbonyl (C=O) groups excluding carboxylic acids is 2. The zero-order valence-electron chi connectivity index (χ0n) is 13.6. The molecule has 0 saturated carbocycles. The molecule has 2 amide bonds. The number of rotatable bonds is 8. The number of nitrogens with one attached hydrogen (secondary N) is 2. The average molecular weight is 308 g/mol. The van der Waals surface area contributed by atoms with Crippen molar-refractivity contribution < 1.29 is 19.1 Å². The van der Waals surface area contributed by atoms with Crippen molar-refractivity contribution in [2.75, 3.05) is 27.3 Å². The van der Waals surface area contributed by atoms with Gasteiger partial charge in [-0.05, 0) is 30.5 Å². The second-order valence-corrected chi connectivity index (χ2v) is 5.28. The van der Waals surface area contributed by atoms with Crippen LogP contribution < -0.4 is 20.1 Å². The highest BCUT2D eigenvalue weighted by atomic mass is 16.5. The van der Waals surface area contributed by atoms with Gasteiger partial charge in [0.05, 0.1) is 20.8 Å². The molecule has 0 aliphatic carbocycles. The molecule has 0 aliphatic rings. The van der Waals surface area contributed by atoms with Gasteiger partial charge in [0.25, 0.3) is 5.91 Å². The minimum absolute atomic E-state index is 0.0503. The van der Waals surface area contributed by atoms with E-state index in [1.54, 1.807) is 18.2 Å². The Balaban J connectivity index is 2.50. The van der Waals surface area contributed by atoms with Crippen molar-refractivity contribution in [3.63, 3.8) is 0 Å². The average Bonchev–Trinajstić information content (AvgIpc) is 2.51. The van der Waals surface area contributed by atoms with Crippen LogP contribution in [-0.4, -0.2) is 39.1 Å². The van der Waals surface area contributed by atoms with Gasteiger partial charge in [0.1, 0.15) is 0 Å². The van der Waals surface area contributed by atoms with E-state index < -0.39 is 0 Å². The summed E-state index contributed by atoms with van der Waals surface area (Å²) < 4.78 is 10.3. The number of carbonyl (C=O) groups is 2. The fourth-order valence-corrected chi connectivity index (χ4v) is 1.80. The molecule has 0 bridgehead atoms. The highest BCUT2D eigenvalue weighted by Gasteiger charge is 2.11. The lowest BCUT2D eigenvalue weighted by molar-refractivity contribution is -0.120. The second-order valence-electron chi connectivity index (χ2n) is 5.28. The molecule has 22 heavy (non-hydrogen) atoms. The summed E-state index contributed by atoms with van der Waals surface area (Å²) in [4.78, 5) is 23.6.